The Hall–Kier alpha value is -1.02. The normalized spacial score (nSPS) is 17.0. The molecule has 1 aliphatic rings. The maximum Gasteiger partial charge on any atom is 0.119 e. The van der Waals surface area contributed by atoms with Crippen molar-refractivity contribution in [2.75, 3.05) is 13.2 Å². The molecule has 1 saturated carbocycles. The van der Waals surface area contributed by atoms with Gasteiger partial charge >= 0.3 is 0 Å². The molecular weight excluding hydrogens is 212 g/mol. The van der Waals surface area contributed by atoms with Crippen LogP contribution in [0.2, 0.25) is 0 Å². The molecule has 0 unspecified atom stereocenters. The Morgan fingerprint density at radius 1 is 1.06 bits per heavy atom. The zero-order valence-electron chi connectivity index (χ0n) is 10.4. The molecule has 0 radical (unpaired) electrons. The van der Waals surface area contributed by atoms with Gasteiger partial charge in [0.25, 0.3) is 0 Å². The molecule has 1 fully saturated rings. The molecule has 0 aromatic heterocycles. The SMILES string of the molecule is OCCCOc1ccc(C2CCCCC2)cc1. The number of hydrogen-bond acceptors (Lipinski definition) is 2. The first-order valence-electron chi connectivity index (χ1n) is 6.74. The summed E-state index contributed by atoms with van der Waals surface area (Å²) < 4.78 is 5.53. The average molecular weight is 234 g/mol. The van der Waals surface area contributed by atoms with Gasteiger partial charge in [-0.1, -0.05) is 31.4 Å². The van der Waals surface area contributed by atoms with Crippen LogP contribution in [0.25, 0.3) is 0 Å². The molecule has 0 aliphatic heterocycles. The van der Waals surface area contributed by atoms with E-state index in [2.05, 4.69) is 24.3 Å². The lowest BCUT2D eigenvalue weighted by molar-refractivity contribution is 0.233. The molecule has 1 aromatic rings. The molecule has 2 heteroatoms. The third-order valence-corrected chi connectivity index (χ3v) is 3.53. The van der Waals surface area contributed by atoms with E-state index in [9.17, 15) is 0 Å². The fraction of sp³-hybridized carbons (Fsp3) is 0.600. The second-order valence-electron chi connectivity index (χ2n) is 4.83. The third-order valence-electron chi connectivity index (χ3n) is 3.53. The van der Waals surface area contributed by atoms with Crippen LogP contribution in [0, 0.1) is 0 Å². The zero-order chi connectivity index (χ0) is 11.9. The topological polar surface area (TPSA) is 29.5 Å². The second-order valence-corrected chi connectivity index (χ2v) is 4.83. The molecule has 1 N–H and O–H groups in total. The van der Waals surface area contributed by atoms with Gasteiger partial charge in [0.15, 0.2) is 0 Å². The molecule has 0 heterocycles. The summed E-state index contributed by atoms with van der Waals surface area (Å²) in [5.74, 6) is 1.67. The van der Waals surface area contributed by atoms with E-state index in [1.165, 1.54) is 37.7 Å². The van der Waals surface area contributed by atoms with Gasteiger partial charge in [-0.2, -0.15) is 0 Å². The number of ether oxygens (including phenoxy) is 1. The van der Waals surface area contributed by atoms with Crippen molar-refractivity contribution < 1.29 is 9.84 Å². The van der Waals surface area contributed by atoms with E-state index in [0.717, 1.165) is 11.7 Å². The summed E-state index contributed by atoms with van der Waals surface area (Å²) in [6, 6.07) is 8.51. The smallest absolute Gasteiger partial charge is 0.119 e. The largest absolute Gasteiger partial charge is 0.494 e. The monoisotopic (exact) mass is 234 g/mol. The predicted octanol–water partition coefficient (Wildman–Crippen LogP) is 3.50. The van der Waals surface area contributed by atoms with Gasteiger partial charge in [0, 0.05) is 13.0 Å². The molecule has 94 valence electrons. The van der Waals surface area contributed by atoms with Crippen LogP contribution in [0.3, 0.4) is 0 Å². The van der Waals surface area contributed by atoms with Crippen molar-refractivity contribution in [1.29, 1.82) is 0 Å². The summed E-state index contributed by atoms with van der Waals surface area (Å²) in [5, 5.41) is 8.68. The van der Waals surface area contributed by atoms with E-state index in [-0.39, 0.29) is 6.61 Å². The van der Waals surface area contributed by atoms with Crippen LogP contribution in [0.5, 0.6) is 5.75 Å². The molecule has 1 aliphatic carbocycles. The van der Waals surface area contributed by atoms with E-state index in [0.29, 0.717) is 13.0 Å². The molecule has 0 bridgehead atoms. The van der Waals surface area contributed by atoms with E-state index >= 15 is 0 Å². The Balaban J connectivity index is 1.88. The van der Waals surface area contributed by atoms with Gasteiger partial charge in [-0.05, 0) is 36.5 Å². The standard InChI is InChI=1S/C15H22O2/c16-11-4-12-17-15-9-7-14(8-10-15)13-5-2-1-3-6-13/h7-10,13,16H,1-6,11-12H2. The Kier molecular flexibility index (Phi) is 4.87. The average Bonchev–Trinajstić information content (AvgIpc) is 2.41. The zero-order valence-corrected chi connectivity index (χ0v) is 10.4. The van der Waals surface area contributed by atoms with E-state index in [4.69, 9.17) is 9.84 Å². The molecule has 0 amide bonds. The van der Waals surface area contributed by atoms with E-state index < -0.39 is 0 Å². The maximum atomic E-state index is 8.68. The predicted molar refractivity (Wildman–Crippen MR) is 69.5 cm³/mol. The van der Waals surface area contributed by atoms with Gasteiger partial charge < -0.3 is 9.84 Å². The van der Waals surface area contributed by atoms with Crippen LogP contribution >= 0.6 is 0 Å². The molecule has 2 nitrogen and oxygen atoms in total. The molecule has 0 saturated heterocycles. The highest BCUT2D eigenvalue weighted by Gasteiger charge is 2.14. The summed E-state index contributed by atoms with van der Waals surface area (Å²) in [6.07, 6.45) is 7.53. The lowest BCUT2D eigenvalue weighted by Gasteiger charge is -2.22. The highest BCUT2D eigenvalue weighted by molar-refractivity contribution is 5.29. The quantitative estimate of drug-likeness (QED) is 0.790. The molecule has 1 aromatic carbocycles. The first kappa shape index (κ1) is 12.4. The second kappa shape index (κ2) is 6.65. The Morgan fingerprint density at radius 2 is 1.76 bits per heavy atom. The van der Waals surface area contributed by atoms with Crippen LogP contribution in [0.1, 0.15) is 50.0 Å². The molecule has 2 rings (SSSR count). The molecule has 0 atom stereocenters. The highest BCUT2D eigenvalue weighted by Crippen LogP contribution is 2.33. The summed E-state index contributed by atoms with van der Waals surface area (Å²) in [4.78, 5) is 0. The minimum absolute atomic E-state index is 0.195. The van der Waals surface area contributed by atoms with Gasteiger partial charge in [0.05, 0.1) is 6.61 Å². The highest BCUT2D eigenvalue weighted by atomic mass is 16.5. The minimum atomic E-state index is 0.195. The maximum absolute atomic E-state index is 8.68. The molecule has 0 spiro atoms. The Labute approximate surface area is 104 Å². The summed E-state index contributed by atoms with van der Waals surface area (Å²) in [5.41, 5.74) is 1.46. The van der Waals surface area contributed by atoms with Crippen LogP contribution in [0.15, 0.2) is 24.3 Å². The van der Waals surface area contributed by atoms with E-state index in [1.54, 1.807) is 0 Å². The van der Waals surface area contributed by atoms with Gasteiger partial charge in [0.2, 0.25) is 0 Å². The Bertz CT molecular complexity index is 312. The minimum Gasteiger partial charge on any atom is -0.494 e. The van der Waals surface area contributed by atoms with Crippen molar-refractivity contribution in [2.24, 2.45) is 0 Å². The number of aliphatic hydroxyl groups excluding tert-OH is 1. The first-order valence-corrected chi connectivity index (χ1v) is 6.74. The van der Waals surface area contributed by atoms with Crippen LogP contribution in [0.4, 0.5) is 0 Å². The van der Waals surface area contributed by atoms with Crippen LogP contribution < -0.4 is 4.74 Å². The lowest BCUT2D eigenvalue weighted by Crippen LogP contribution is -2.04. The van der Waals surface area contributed by atoms with Gasteiger partial charge in [-0.15, -0.1) is 0 Å². The third kappa shape index (κ3) is 3.74. The Morgan fingerprint density at radius 3 is 2.41 bits per heavy atom. The summed E-state index contributed by atoms with van der Waals surface area (Å²) in [6.45, 7) is 0.791. The van der Waals surface area contributed by atoms with Crippen LogP contribution in [-0.2, 0) is 0 Å². The lowest BCUT2D eigenvalue weighted by atomic mass is 9.84. The summed E-state index contributed by atoms with van der Waals surface area (Å²) in [7, 11) is 0. The van der Waals surface area contributed by atoms with Gasteiger partial charge in [-0.25, -0.2) is 0 Å². The number of aliphatic hydroxyl groups is 1. The van der Waals surface area contributed by atoms with Crippen molar-refractivity contribution in [3.05, 3.63) is 29.8 Å². The van der Waals surface area contributed by atoms with E-state index in [1.807, 2.05) is 0 Å². The van der Waals surface area contributed by atoms with Gasteiger partial charge in [-0.3, -0.25) is 0 Å². The van der Waals surface area contributed by atoms with Crippen LogP contribution in [-0.4, -0.2) is 18.3 Å². The molecular formula is C15H22O2. The molecule has 17 heavy (non-hydrogen) atoms. The van der Waals surface area contributed by atoms with Crippen molar-refractivity contribution in [1.82, 2.24) is 0 Å². The van der Waals surface area contributed by atoms with Crippen molar-refractivity contribution >= 4 is 0 Å². The number of hydrogen-bond donors (Lipinski definition) is 1. The van der Waals surface area contributed by atoms with Crippen molar-refractivity contribution in [2.45, 2.75) is 44.4 Å². The van der Waals surface area contributed by atoms with Gasteiger partial charge in [0.1, 0.15) is 5.75 Å². The fourth-order valence-electron chi connectivity index (χ4n) is 2.53. The van der Waals surface area contributed by atoms with Crippen molar-refractivity contribution in [3.8, 4) is 5.75 Å². The fourth-order valence-corrected chi connectivity index (χ4v) is 2.53. The van der Waals surface area contributed by atoms with Crippen molar-refractivity contribution in [3.63, 3.8) is 0 Å². The summed E-state index contributed by atoms with van der Waals surface area (Å²) >= 11 is 0. The number of benzene rings is 1. The first-order chi connectivity index (χ1) is 8.40. The number of rotatable bonds is 5.